The molecule has 0 amide bonds. The summed E-state index contributed by atoms with van der Waals surface area (Å²) in [6, 6.07) is 0. The summed E-state index contributed by atoms with van der Waals surface area (Å²) in [5, 5.41) is 18.2. The Morgan fingerprint density at radius 3 is 2.17 bits per heavy atom. The summed E-state index contributed by atoms with van der Waals surface area (Å²) in [6.45, 7) is 2.10. The van der Waals surface area contributed by atoms with E-state index in [0.29, 0.717) is 19.3 Å². The minimum Gasteiger partial charge on any atom is -0.481 e. The topological polar surface area (TPSA) is 74.6 Å². The number of hydrogen-bond acceptors (Lipinski definition) is 3. The summed E-state index contributed by atoms with van der Waals surface area (Å²) in [5.41, 5.74) is 0. The van der Waals surface area contributed by atoms with Crippen LogP contribution < -0.4 is 0 Å². The van der Waals surface area contributed by atoms with Gasteiger partial charge in [-0.25, -0.2) is 0 Å². The standard InChI is InChI=1S/C20H32O4/c1-2-3-12-15-18(21)19(22)16-13-10-8-6-4-5-7-9-11-14-17-20(23)24/h4,6-7,9-10,13,18,21H,2-3,5,8,11-12,14-17H2,1H3,(H,23,24)/b6-4?,9-7-,13-10?. The van der Waals surface area contributed by atoms with E-state index in [4.69, 9.17) is 5.11 Å². The Balaban J connectivity index is 3.64. The average molecular weight is 336 g/mol. The summed E-state index contributed by atoms with van der Waals surface area (Å²) in [6.07, 6.45) is 18.2. The number of carboxylic acids is 1. The molecule has 0 saturated heterocycles. The number of aliphatic hydroxyl groups excluding tert-OH is 1. The zero-order valence-electron chi connectivity index (χ0n) is 14.8. The molecular weight excluding hydrogens is 304 g/mol. The van der Waals surface area contributed by atoms with Gasteiger partial charge in [-0.2, -0.15) is 0 Å². The molecule has 0 heterocycles. The lowest BCUT2D eigenvalue weighted by molar-refractivity contribution is -0.137. The van der Waals surface area contributed by atoms with Crippen LogP contribution in [0.25, 0.3) is 0 Å². The van der Waals surface area contributed by atoms with Gasteiger partial charge in [0.2, 0.25) is 0 Å². The number of allylic oxidation sites excluding steroid dienone is 6. The van der Waals surface area contributed by atoms with E-state index in [1.165, 1.54) is 0 Å². The van der Waals surface area contributed by atoms with Gasteiger partial charge in [0.15, 0.2) is 5.78 Å². The van der Waals surface area contributed by atoms with Crippen molar-refractivity contribution in [1.29, 1.82) is 0 Å². The zero-order valence-corrected chi connectivity index (χ0v) is 14.8. The number of aliphatic hydroxyl groups is 1. The van der Waals surface area contributed by atoms with E-state index in [-0.39, 0.29) is 12.2 Å². The number of unbranched alkanes of at least 4 members (excludes halogenated alkanes) is 3. The second-order valence-electron chi connectivity index (χ2n) is 5.85. The van der Waals surface area contributed by atoms with Crippen LogP contribution in [0.5, 0.6) is 0 Å². The zero-order chi connectivity index (χ0) is 18.0. The molecule has 2 N–H and O–H groups in total. The molecule has 0 rings (SSSR count). The number of ketones is 1. The number of rotatable bonds is 15. The summed E-state index contributed by atoms with van der Waals surface area (Å²) in [5.74, 6) is -0.849. The smallest absolute Gasteiger partial charge is 0.303 e. The van der Waals surface area contributed by atoms with Crippen molar-refractivity contribution >= 4 is 11.8 Å². The molecule has 0 saturated carbocycles. The van der Waals surface area contributed by atoms with Gasteiger partial charge >= 0.3 is 5.97 Å². The first-order chi connectivity index (χ1) is 11.6. The molecule has 0 fully saturated rings. The van der Waals surface area contributed by atoms with Crippen LogP contribution in [-0.2, 0) is 9.59 Å². The second kappa shape index (κ2) is 16.2. The largest absolute Gasteiger partial charge is 0.481 e. The Bertz CT molecular complexity index is 421. The van der Waals surface area contributed by atoms with E-state index in [1.807, 2.05) is 36.5 Å². The third kappa shape index (κ3) is 15.2. The number of carbonyl (C=O) groups excluding carboxylic acids is 1. The third-order valence-electron chi connectivity index (χ3n) is 3.58. The van der Waals surface area contributed by atoms with Gasteiger partial charge < -0.3 is 10.2 Å². The minimum atomic E-state index is -0.817. The van der Waals surface area contributed by atoms with Crippen LogP contribution >= 0.6 is 0 Å². The van der Waals surface area contributed by atoms with Crippen molar-refractivity contribution < 1.29 is 19.8 Å². The fourth-order valence-corrected chi connectivity index (χ4v) is 2.12. The molecule has 0 bridgehead atoms. The quantitative estimate of drug-likeness (QED) is 0.339. The van der Waals surface area contributed by atoms with E-state index in [1.54, 1.807) is 0 Å². The van der Waals surface area contributed by atoms with Crippen LogP contribution in [0.2, 0.25) is 0 Å². The van der Waals surface area contributed by atoms with Crippen molar-refractivity contribution in [3.8, 4) is 0 Å². The Morgan fingerprint density at radius 2 is 1.54 bits per heavy atom. The van der Waals surface area contributed by atoms with Crippen LogP contribution in [0.15, 0.2) is 36.5 Å². The van der Waals surface area contributed by atoms with Crippen LogP contribution in [0.4, 0.5) is 0 Å². The normalized spacial score (nSPS) is 13.2. The average Bonchev–Trinajstić information content (AvgIpc) is 2.55. The summed E-state index contributed by atoms with van der Waals surface area (Å²) in [4.78, 5) is 22.0. The molecule has 0 aromatic heterocycles. The van der Waals surface area contributed by atoms with Crippen molar-refractivity contribution in [2.75, 3.05) is 0 Å². The maximum atomic E-state index is 11.7. The highest BCUT2D eigenvalue weighted by Gasteiger charge is 2.12. The molecule has 0 aliphatic carbocycles. The maximum absolute atomic E-state index is 11.7. The fraction of sp³-hybridized carbons (Fsp3) is 0.600. The fourth-order valence-electron chi connectivity index (χ4n) is 2.12. The lowest BCUT2D eigenvalue weighted by Crippen LogP contribution is -2.19. The van der Waals surface area contributed by atoms with Gasteiger partial charge in [-0.3, -0.25) is 9.59 Å². The molecular formula is C20H32O4. The van der Waals surface area contributed by atoms with E-state index in [2.05, 4.69) is 6.92 Å². The minimum absolute atomic E-state index is 0.101. The maximum Gasteiger partial charge on any atom is 0.303 e. The highest BCUT2D eigenvalue weighted by molar-refractivity contribution is 5.84. The molecule has 0 aliphatic rings. The van der Waals surface area contributed by atoms with Gasteiger partial charge in [-0.1, -0.05) is 62.6 Å². The molecule has 0 radical (unpaired) electrons. The molecule has 1 unspecified atom stereocenters. The van der Waals surface area contributed by atoms with Crippen molar-refractivity contribution in [3.63, 3.8) is 0 Å². The summed E-state index contributed by atoms with van der Waals surface area (Å²) >= 11 is 0. The van der Waals surface area contributed by atoms with E-state index >= 15 is 0 Å². The molecule has 4 nitrogen and oxygen atoms in total. The van der Waals surface area contributed by atoms with Crippen molar-refractivity contribution in [3.05, 3.63) is 36.5 Å². The van der Waals surface area contributed by atoms with E-state index < -0.39 is 12.1 Å². The number of Topliss-reactive ketones (excluding diaryl/α,β-unsaturated/α-hetero) is 1. The van der Waals surface area contributed by atoms with E-state index in [0.717, 1.165) is 38.5 Å². The number of carboxylic acid groups (broad SMARTS) is 1. The van der Waals surface area contributed by atoms with Crippen molar-refractivity contribution in [2.45, 2.75) is 77.2 Å². The first-order valence-corrected chi connectivity index (χ1v) is 8.95. The Labute approximate surface area is 146 Å². The predicted octanol–water partition coefficient (Wildman–Crippen LogP) is 4.59. The lowest BCUT2D eigenvalue weighted by Gasteiger charge is -2.06. The van der Waals surface area contributed by atoms with Gasteiger partial charge in [-0.15, -0.1) is 0 Å². The SMILES string of the molecule is CCCCCC(O)C(=O)CC=CCC=CC/C=C\CCCC(=O)O. The lowest BCUT2D eigenvalue weighted by atomic mass is 10.1. The van der Waals surface area contributed by atoms with E-state index in [9.17, 15) is 14.7 Å². The summed E-state index contributed by atoms with van der Waals surface area (Å²) < 4.78 is 0. The number of carbonyl (C=O) groups is 2. The molecule has 0 aromatic rings. The Hall–Kier alpha value is -1.68. The first-order valence-electron chi connectivity index (χ1n) is 8.95. The highest BCUT2D eigenvalue weighted by Crippen LogP contribution is 2.06. The Morgan fingerprint density at radius 1 is 0.917 bits per heavy atom. The molecule has 0 aromatic carbocycles. The second-order valence-corrected chi connectivity index (χ2v) is 5.85. The van der Waals surface area contributed by atoms with Crippen LogP contribution in [0.1, 0.15) is 71.1 Å². The van der Waals surface area contributed by atoms with Gasteiger partial charge in [0.25, 0.3) is 0 Å². The predicted molar refractivity (Wildman–Crippen MR) is 97.9 cm³/mol. The molecule has 1 atom stereocenters. The van der Waals surface area contributed by atoms with Crippen LogP contribution in [-0.4, -0.2) is 28.1 Å². The van der Waals surface area contributed by atoms with Crippen LogP contribution in [0, 0.1) is 0 Å². The number of aliphatic carboxylic acids is 1. The molecule has 4 heteroatoms. The van der Waals surface area contributed by atoms with Gasteiger partial charge in [0, 0.05) is 12.8 Å². The third-order valence-corrected chi connectivity index (χ3v) is 3.58. The van der Waals surface area contributed by atoms with Crippen molar-refractivity contribution in [2.24, 2.45) is 0 Å². The monoisotopic (exact) mass is 336 g/mol. The molecule has 24 heavy (non-hydrogen) atoms. The first kappa shape index (κ1) is 22.3. The Kier molecular flexibility index (Phi) is 15.1. The van der Waals surface area contributed by atoms with Gasteiger partial charge in [0.1, 0.15) is 6.10 Å². The molecule has 136 valence electrons. The van der Waals surface area contributed by atoms with Gasteiger partial charge in [0.05, 0.1) is 0 Å². The molecule has 0 spiro atoms. The summed E-state index contributed by atoms with van der Waals surface area (Å²) in [7, 11) is 0. The van der Waals surface area contributed by atoms with Crippen LogP contribution in [0.3, 0.4) is 0 Å². The van der Waals surface area contributed by atoms with Gasteiger partial charge in [-0.05, 0) is 32.1 Å². The highest BCUT2D eigenvalue weighted by atomic mass is 16.4. The molecule has 0 aliphatic heterocycles. The number of hydrogen-bond donors (Lipinski definition) is 2. The van der Waals surface area contributed by atoms with Crippen molar-refractivity contribution in [1.82, 2.24) is 0 Å².